The summed E-state index contributed by atoms with van der Waals surface area (Å²) in [5.41, 5.74) is 2.37. The molecule has 0 radical (unpaired) electrons. The van der Waals surface area contributed by atoms with E-state index in [-0.39, 0.29) is 5.25 Å². The van der Waals surface area contributed by atoms with Gasteiger partial charge in [0.05, 0.1) is 10.0 Å². The molecule has 5 nitrogen and oxygen atoms in total. The van der Waals surface area contributed by atoms with Crippen molar-refractivity contribution in [1.29, 1.82) is 0 Å². The molecule has 0 aliphatic rings. The van der Waals surface area contributed by atoms with E-state index in [0.717, 1.165) is 0 Å². The van der Waals surface area contributed by atoms with E-state index in [1.54, 1.807) is 12.3 Å². The number of rotatable bonds is 5. The van der Waals surface area contributed by atoms with Gasteiger partial charge in [-0.2, -0.15) is 0 Å². The minimum atomic E-state index is -0.902. The van der Waals surface area contributed by atoms with E-state index in [2.05, 4.69) is 15.7 Å². The zero-order chi connectivity index (χ0) is 13.0. The Morgan fingerprint density at radius 1 is 1.47 bits per heavy atom. The van der Waals surface area contributed by atoms with Crippen LogP contribution in [0.2, 0.25) is 10.0 Å². The summed E-state index contributed by atoms with van der Waals surface area (Å²) in [6.07, 6.45) is 1.65. The van der Waals surface area contributed by atoms with Gasteiger partial charge in [-0.3, -0.25) is 4.21 Å². The number of nitrogen functional groups attached to an aromatic ring is 1. The maximum absolute atomic E-state index is 11.2. The molecule has 0 aromatic carbocycles. The van der Waals surface area contributed by atoms with Gasteiger partial charge in [0.25, 0.3) is 0 Å². The molecule has 2 unspecified atom stereocenters. The summed E-state index contributed by atoms with van der Waals surface area (Å²) in [6, 6.07) is 1.54. The molecule has 0 saturated heterocycles. The summed E-state index contributed by atoms with van der Waals surface area (Å²) in [4.78, 5) is 4.11. The molecule has 1 aromatic heterocycles. The molecule has 8 heteroatoms. The fourth-order valence-corrected chi connectivity index (χ4v) is 1.85. The molecule has 0 spiro atoms. The van der Waals surface area contributed by atoms with Crippen molar-refractivity contribution in [2.45, 2.75) is 12.2 Å². The summed E-state index contributed by atoms with van der Waals surface area (Å²) in [5, 5.41) is 3.74. The third kappa shape index (κ3) is 3.99. The number of nitrogens with zero attached hydrogens (tertiary/aromatic N) is 1. The average molecular weight is 297 g/mol. The molecule has 0 aliphatic carbocycles. The molecule has 0 amide bonds. The summed E-state index contributed by atoms with van der Waals surface area (Å²) in [5.74, 6) is 6.05. The Hall–Kier alpha value is -0.560. The highest BCUT2D eigenvalue weighted by Gasteiger charge is 2.11. The van der Waals surface area contributed by atoms with Crippen LogP contribution in [0.5, 0.6) is 0 Å². The summed E-state index contributed by atoms with van der Waals surface area (Å²) in [7, 11) is -0.902. The van der Waals surface area contributed by atoms with E-state index >= 15 is 0 Å². The second-order valence-corrected chi connectivity index (χ2v) is 6.10. The highest BCUT2D eigenvalue weighted by Crippen LogP contribution is 2.28. The van der Waals surface area contributed by atoms with Gasteiger partial charge in [-0.1, -0.05) is 23.2 Å². The summed E-state index contributed by atoms with van der Waals surface area (Å²) in [6.45, 7) is 2.37. The lowest BCUT2D eigenvalue weighted by Crippen LogP contribution is -2.21. The second kappa shape index (κ2) is 6.39. The number of nitrogens with one attached hydrogen (secondary N) is 2. The van der Waals surface area contributed by atoms with Gasteiger partial charge < -0.3 is 10.7 Å². The minimum Gasteiger partial charge on any atom is -0.368 e. The second-order valence-electron chi connectivity index (χ2n) is 3.48. The Labute approximate surface area is 113 Å². The molecular formula is C9H14Cl2N4OS. The zero-order valence-corrected chi connectivity index (χ0v) is 11.8. The van der Waals surface area contributed by atoms with Gasteiger partial charge in [-0.15, -0.1) is 0 Å². The Morgan fingerprint density at radius 2 is 2.06 bits per heavy atom. The van der Waals surface area contributed by atoms with Crippen LogP contribution >= 0.6 is 23.2 Å². The molecular weight excluding hydrogens is 283 g/mol. The quantitative estimate of drug-likeness (QED) is 0.571. The van der Waals surface area contributed by atoms with Crippen LogP contribution < -0.4 is 16.6 Å². The largest absolute Gasteiger partial charge is 0.368 e. The molecule has 4 N–H and O–H groups in total. The van der Waals surface area contributed by atoms with Gasteiger partial charge in [0.15, 0.2) is 5.82 Å². The Bertz CT molecular complexity index is 430. The number of hydrazine groups is 1. The van der Waals surface area contributed by atoms with Crippen molar-refractivity contribution in [1.82, 2.24) is 4.98 Å². The number of halogens is 2. The predicted octanol–water partition coefficient (Wildman–Crippen LogP) is 1.85. The van der Waals surface area contributed by atoms with Crippen LogP contribution in [-0.2, 0) is 10.8 Å². The highest BCUT2D eigenvalue weighted by molar-refractivity contribution is 7.84. The monoisotopic (exact) mass is 296 g/mol. The van der Waals surface area contributed by atoms with Gasteiger partial charge in [-0.25, -0.2) is 10.8 Å². The Balaban J connectivity index is 2.80. The topological polar surface area (TPSA) is 80.0 Å². The molecule has 0 aliphatic heterocycles. The number of pyridine rings is 1. The number of anilines is 2. The lowest BCUT2D eigenvalue weighted by Gasteiger charge is -2.13. The van der Waals surface area contributed by atoms with Crippen molar-refractivity contribution >= 4 is 45.6 Å². The maximum Gasteiger partial charge on any atom is 0.161 e. The van der Waals surface area contributed by atoms with Crippen molar-refractivity contribution in [2.24, 2.45) is 5.84 Å². The lowest BCUT2D eigenvalue weighted by atomic mass is 10.4. The first-order valence-corrected chi connectivity index (χ1v) is 7.22. The molecule has 17 heavy (non-hydrogen) atoms. The third-order valence-corrected chi connectivity index (χ3v) is 4.07. The van der Waals surface area contributed by atoms with Crippen LogP contribution in [0.25, 0.3) is 0 Å². The zero-order valence-electron chi connectivity index (χ0n) is 9.46. The fourth-order valence-electron chi connectivity index (χ4n) is 1.05. The SMILES string of the molecule is CC(CNc1nc(NN)c(Cl)cc1Cl)S(C)=O. The van der Waals surface area contributed by atoms with Crippen LogP contribution in [0.1, 0.15) is 6.92 Å². The molecule has 96 valence electrons. The number of hydrogen-bond donors (Lipinski definition) is 3. The van der Waals surface area contributed by atoms with E-state index in [9.17, 15) is 4.21 Å². The Kier molecular flexibility index (Phi) is 5.45. The van der Waals surface area contributed by atoms with E-state index < -0.39 is 10.8 Å². The van der Waals surface area contributed by atoms with Crippen molar-refractivity contribution < 1.29 is 4.21 Å². The summed E-state index contributed by atoms with van der Waals surface area (Å²) >= 11 is 11.8. The first-order valence-electron chi connectivity index (χ1n) is 4.84. The highest BCUT2D eigenvalue weighted by atomic mass is 35.5. The molecule has 2 atom stereocenters. The van der Waals surface area contributed by atoms with Gasteiger partial charge in [-0.05, 0) is 13.0 Å². The van der Waals surface area contributed by atoms with E-state index in [1.165, 1.54) is 0 Å². The van der Waals surface area contributed by atoms with Crippen molar-refractivity contribution in [3.63, 3.8) is 0 Å². The normalized spacial score (nSPS) is 14.2. The summed E-state index contributed by atoms with van der Waals surface area (Å²) < 4.78 is 11.2. The standard InChI is InChI=1S/C9H14Cl2N4OS/c1-5(17(2)16)4-13-8-6(10)3-7(11)9(14-8)15-12/h3,5H,4,12H2,1-2H3,(H2,13,14,15). The maximum atomic E-state index is 11.2. The molecule has 1 aromatic rings. The van der Waals surface area contributed by atoms with Gasteiger partial charge in [0.1, 0.15) is 5.82 Å². The third-order valence-electron chi connectivity index (χ3n) is 2.19. The Morgan fingerprint density at radius 3 is 2.59 bits per heavy atom. The average Bonchev–Trinajstić information content (AvgIpc) is 2.27. The van der Waals surface area contributed by atoms with Gasteiger partial charge in [0, 0.05) is 28.9 Å². The fraction of sp³-hybridized carbons (Fsp3) is 0.444. The first-order chi connectivity index (χ1) is 7.95. The predicted molar refractivity (Wildman–Crippen MR) is 74.1 cm³/mol. The van der Waals surface area contributed by atoms with Crippen LogP contribution in [0.15, 0.2) is 6.07 Å². The van der Waals surface area contributed by atoms with Crippen LogP contribution in [0.4, 0.5) is 11.6 Å². The van der Waals surface area contributed by atoms with Crippen molar-refractivity contribution in [3.05, 3.63) is 16.1 Å². The van der Waals surface area contributed by atoms with Crippen LogP contribution in [0, 0.1) is 0 Å². The molecule has 0 bridgehead atoms. The van der Waals surface area contributed by atoms with Crippen LogP contribution in [0.3, 0.4) is 0 Å². The van der Waals surface area contributed by atoms with Crippen LogP contribution in [-0.4, -0.2) is 27.2 Å². The van der Waals surface area contributed by atoms with E-state index in [1.807, 2.05) is 6.92 Å². The van der Waals surface area contributed by atoms with E-state index in [4.69, 9.17) is 29.0 Å². The van der Waals surface area contributed by atoms with Gasteiger partial charge in [0.2, 0.25) is 0 Å². The smallest absolute Gasteiger partial charge is 0.161 e. The number of aromatic nitrogens is 1. The molecule has 1 heterocycles. The molecule has 0 fully saturated rings. The number of nitrogens with two attached hydrogens (primary N) is 1. The minimum absolute atomic E-state index is 0.00201. The number of hydrogen-bond acceptors (Lipinski definition) is 5. The van der Waals surface area contributed by atoms with Crippen molar-refractivity contribution in [2.75, 3.05) is 23.5 Å². The molecule has 1 rings (SSSR count). The first kappa shape index (κ1) is 14.5. The van der Waals surface area contributed by atoms with E-state index in [0.29, 0.717) is 28.2 Å². The molecule has 0 saturated carbocycles. The van der Waals surface area contributed by atoms with Gasteiger partial charge >= 0.3 is 0 Å². The van der Waals surface area contributed by atoms with Crippen molar-refractivity contribution in [3.8, 4) is 0 Å². The lowest BCUT2D eigenvalue weighted by molar-refractivity contribution is 0.679.